The van der Waals surface area contributed by atoms with Crippen LogP contribution in [0.4, 0.5) is 0 Å². The van der Waals surface area contributed by atoms with Gasteiger partial charge < -0.3 is 45.9 Å². The van der Waals surface area contributed by atoms with Crippen molar-refractivity contribution >= 4 is 5.97 Å². The van der Waals surface area contributed by atoms with Gasteiger partial charge in [0.25, 0.3) is 0 Å². The van der Waals surface area contributed by atoms with Crippen LogP contribution in [0.2, 0.25) is 0 Å². The molecular formula is C18H30Cl2N4NiO2. The van der Waals surface area contributed by atoms with Crippen molar-refractivity contribution in [2.24, 2.45) is 0 Å². The molecule has 1 saturated heterocycles. The summed E-state index contributed by atoms with van der Waals surface area (Å²) in [7, 11) is 0. The van der Waals surface area contributed by atoms with E-state index in [1.807, 2.05) is 12.1 Å². The summed E-state index contributed by atoms with van der Waals surface area (Å²) in [6.45, 7) is 9.09. The number of hydrogen-bond donors (Lipinski definition) is 4. The van der Waals surface area contributed by atoms with Crippen LogP contribution in [-0.4, -0.2) is 68.3 Å². The van der Waals surface area contributed by atoms with E-state index in [0.29, 0.717) is 5.56 Å². The first-order valence-corrected chi connectivity index (χ1v) is 8.92. The van der Waals surface area contributed by atoms with E-state index < -0.39 is 5.97 Å². The van der Waals surface area contributed by atoms with E-state index in [-0.39, 0.29) is 41.3 Å². The van der Waals surface area contributed by atoms with Gasteiger partial charge in [-0.1, -0.05) is 12.1 Å². The molecule has 2 rings (SSSR count). The Morgan fingerprint density at radius 2 is 1.41 bits per heavy atom. The average Bonchev–Trinajstić information content (AvgIpc) is 2.58. The second-order valence-corrected chi connectivity index (χ2v) is 6.24. The number of carbonyl (C=O) groups is 1. The maximum absolute atomic E-state index is 10.9. The van der Waals surface area contributed by atoms with Gasteiger partial charge in [-0.25, -0.2) is 4.79 Å². The number of benzene rings is 1. The van der Waals surface area contributed by atoms with Gasteiger partial charge in [-0.05, 0) is 56.7 Å². The van der Waals surface area contributed by atoms with E-state index in [1.165, 1.54) is 5.56 Å². The standard InChI is InChI=1S/C18H30N4O2.2ClH.Ni/c23-18(24)17-5-3-16(4-6-17)15-22-13-2-9-20-11-10-19-7-1-8-21-12-14-22;;;/h3-6,19-21H,1-2,7-15H2,(H,23,24);2*1H;/q;;;+2/p-2. The van der Waals surface area contributed by atoms with Gasteiger partial charge in [0.05, 0.1) is 5.56 Å². The third-order valence-corrected chi connectivity index (χ3v) is 4.23. The van der Waals surface area contributed by atoms with Gasteiger partial charge in [0.2, 0.25) is 0 Å². The number of carboxylic acids is 1. The van der Waals surface area contributed by atoms with Crippen molar-refractivity contribution in [3.63, 3.8) is 0 Å². The second-order valence-electron chi connectivity index (χ2n) is 6.24. The quantitative estimate of drug-likeness (QED) is 0.336. The monoisotopic (exact) mass is 462 g/mol. The average molecular weight is 464 g/mol. The molecule has 9 heteroatoms. The molecule has 0 atom stereocenters. The maximum Gasteiger partial charge on any atom is 2.00 e. The fraction of sp³-hybridized carbons (Fsp3) is 0.611. The second kappa shape index (κ2) is 17.7. The van der Waals surface area contributed by atoms with Crippen LogP contribution >= 0.6 is 0 Å². The van der Waals surface area contributed by atoms with Crippen LogP contribution in [0.1, 0.15) is 28.8 Å². The largest absolute Gasteiger partial charge is 2.00 e. The molecule has 0 aliphatic carbocycles. The zero-order chi connectivity index (χ0) is 17.0. The summed E-state index contributed by atoms with van der Waals surface area (Å²) >= 11 is 0. The Balaban J connectivity index is 0. The minimum atomic E-state index is -0.871. The predicted molar refractivity (Wildman–Crippen MR) is 96.5 cm³/mol. The summed E-state index contributed by atoms with van der Waals surface area (Å²) in [4.78, 5) is 13.4. The van der Waals surface area contributed by atoms with Gasteiger partial charge in [-0.15, -0.1) is 0 Å². The number of nitrogens with one attached hydrogen (secondary N) is 3. The summed E-state index contributed by atoms with van der Waals surface area (Å²) in [6.07, 6.45) is 2.27. The van der Waals surface area contributed by atoms with Gasteiger partial charge in [-0.3, -0.25) is 4.90 Å². The molecule has 1 fully saturated rings. The van der Waals surface area contributed by atoms with E-state index in [1.54, 1.807) is 12.1 Å². The van der Waals surface area contributed by atoms with Crippen molar-refractivity contribution in [1.82, 2.24) is 20.9 Å². The topological polar surface area (TPSA) is 76.6 Å². The number of hydrogen-bond acceptors (Lipinski definition) is 5. The summed E-state index contributed by atoms with van der Waals surface area (Å²) in [6, 6.07) is 7.22. The first kappa shape index (κ1) is 28.8. The minimum absolute atomic E-state index is 0. The van der Waals surface area contributed by atoms with Crippen LogP contribution in [0.5, 0.6) is 0 Å². The van der Waals surface area contributed by atoms with Crippen LogP contribution in [0.25, 0.3) is 0 Å². The van der Waals surface area contributed by atoms with Crippen molar-refractivity contribution in [3.8, 4) is 0 Å². The minimum Gasteiger partial charge on any atom is -1.00 e. The summed E-state index contributed by atoms with van der Waals surface area (Å²) in [5.74, 6) is -0.871. The summed E-state index contributed by atoms with van der Waals surface area (Å²) < 4.78 is 0. The number of aromatic carboxylic acids is 1. The first-order chi connectivity index (χ1) is 11.8. The van der Waals surface area contributed by atoms with Gasteiger partial charge >= 0.3 is 22.5 Å². The van der Waals surface area contributed by atoms with E-state index >= 15 is 0 Å². The molecule has 0 aromatic heterocycles. The number of rotatable bonds is 3. The van der Waals surface area contributed by atoms with E-state index in [4.69, 9.17) is 5.11 Å². The number of halogens is 2. The number of nitrogens with zero attached hydrogens (tertiary/aromatic N) is 1. The molecule has 27 heavy (non-hydrogen) atoms. The molecule has 1 aliphatic rings. The van der Waals surface area contributed by atoms with Crippen molar-refractivity contribution in [3.05, 3.63) is 35.4 Å². The molecule has 0 amide bonds. The Kier molecular flexibility index (Phi) is 18.9. The van der Waals surface area contributed by atoms with Crippen LogP contribution < -0.4 is 40.8 Å². The molecule has 4 N–H and O–H groups in total. The Labute approximate surface area is 185 Å². The fourth-order valence-electron chi connectivity index (χ4n) is 2.84. The molecular weight excluding hydrogens is 434 g/mol. The zero-order valence-electron chi connectivity index (χ0n) is 15.5. The Bertz CT molecular complexity index is 481. The Morgan fingerprint density at radius 1 is 0.852 bits per heavy atom. The zero-order valence-corrected chi connectivity index (χ0v) is 18.0. The predicted octanol–water partition coefficient (Wildman–Crippen LogP) is -5.25. The third-order valence-electron chi connectivity index (χ3n) is 4.23. The SMILES string of the molecule is O=C(O)c1ccc(CN2CCCNCCNCCCNCC2)cc1.[Cl-].[Cl-].[Ni+2]. The molecule has 0 spiro atoms. The molecule has 158 valence electrons. The Hall–Kier alpha value is -0.396. The first-order valence-electron chi connectivity index (χ1n) is 8.92. The van der Waals surface area contributed by atoms with Crippen LogP contribution in [0.3, 0.4) is 0 Å². The normalized spacial score (nSPS) is 17.3. The van der Waals surface area contributed by atoms with Gasteiger partial charge in [0.1, 0.15) is 0 Å². The third kappa shape index (κ3) is 12.6. The summed E-state index contributed by atoms with van der Waals surface area (Å²) in [5.41, 5.74) is 1.51. The van der Waals surface area contributed by atoms with E-state index in [0.717, 1.165) is 71.7 Å². The molecule has 1 heterocycles. The van der Waals surface area contributed by atoms with Gasteiger partial charge in [0, 0.05) is 32.7 Å². The van der Waals surface area contributed by atoms with Crippen molar-refractivity contribution in [2.75, 3.05) is 52.4 Å². The maximum atomic E-state index is 10.9. The van der Waals surface area contributed by atoms with E-state index in [2.05, 4.69) is 20.9 Å². The molecule has 0 unspecified atom stereocenters. The van der Waals surface area contributed by atoms with Crippen molar-refractivity contribution in [2.45, 2.75) is 19.4 Å². The van der Waals surface area contributed by atoms with Crippen molar-refractivity contribution < 1.29 is 51.2 Å². The van der Waals surface area contributed by atoms with Crippen LogP contribution in [0.15, 0.2) is 24.3 Å². The molecule has 1 aromatic carbocycles. The molecule has 0 radical (unpaired) electrons. The molecule has 6 nitrogen and oxygen atoms in total. The number of carboxylic acid groups (broad SMARTS) is 1. The molecule has 1 aromatic rings. The van der Waals surface area contributed by atoms with Crippen LogP contribution in [-0.2, 0) is 23.0 Å². The van der Waals surface area contributed by atoms with E-state index in [9.17, 15) is 4.79 Å². The Morgan fingerprint density at radius 3 is 2.00 bits per heavy atom. The van der Waals surface area contributed by atoms with Gasteiger partial charge in [-0.2, -0.15) is 0 Å². The fourth-order valence-corrected chi connectivity index (χ4v) is 2.84. The smallest absolute Gasteiger partial charge is 1.00 e. The molecule has 1 aliphatic heterocycles. The van der Waals surface area contributed by atoms with Crippen molar-refractivity contribution in [1.29, 1.82) is 0 Å². The molecule has 0 saturated carbocycles. The molecule has 0 bridgehead atoms. The van der Waals surface area contributed by atoms with Crippen LogP contribution in [0, 0.1) is 0 Å². The summed E-state index contributed by atoms with van der Waals surface area (Å²) in [5, 5.41) is 19.4. The van der Waals surface area contributed by atoms with Gasteiger partial charge in [0.15, 0.2) is 0 Å².